The fourth-order valence-corrected chi connectivity index (χ4v) is 3.72. The third kappa shape index (κ3) is 3.26. The van der Waals surface area contributed by atoms with Gasteiger partial charge >= 0.3 is 12.1 Å². The average Bonchev–Trinajstić information content (AvgIpc) is 3.02. The van der Waals surface area contributed by atoms with Crippen molar-refractivity contribution >= 4 is 40.0 Å². The van der Waals surface area contributed by atoms with Crippen LogP contribution in [0.3, 0.4) is 0 Å². The Kier molecular flexibility index (Phi) is 4.97. The molecule has 2 N–H and O–H groups in total. The summed E-state index contributed by atoms with van der Waals surface area (Å²) in [6, 6.07) is -1.34. The average molecular weight is 418 g/mol. The van der Waals surface area contributed by atoms with Crippen molar-refractivity contribution in [2.75, 3.05) is 0 Å². The summed E-state index contributed by atoms with van der Waals surface area (Å²) in [7, 11) is 0. The van der Waals surface area contributed by atoms with Crippen LogP contribution in [0.25, 0.3) is 10.9 Å². The van der Waals surface area contributed by atoms with Crippen molar-refractivity contribution < 1.29 is 32.4 Å². The maximum atomic E-state index is 12.8. The summed E-state index contributed by atoms with van der Waals surface area (Å²) in [6.07, 6.45) is -5.95. The first-order valence-corrected chi connectivity index (χ1v) is 8.79. The highest BCUT2D eigenvalue weighted by Gasteiger charge is 2.47. The van der Waals surface area contributed by atoms with Crippen molar-refractivity contribution in [3.05, 3.63) is 26.4 Å². The largest absolute Gasteiger partial charge is 0.493 e. The molecule has 0 aromatic carbocycles. The SMILES string of the molecule is Cc1nc2c(CN)scc2c(=O)n1C1CCC(=O)N(OC(=O)C(F)(F)F)C1=O. The molecule has 2 aromatic heterocycles. The van der Waals surface area contributed by atoms with Gasteiger partial charge in [0.15, 0.2) is 0 Å². The standard InChI is InChI=1S/C15H13F3N4O5S/c1-6-20-11-7(5-28-9(11)4-19)12(24)21(6)8-2-3-10(23)22(13(8)25)27-14(26)15(16,17)18/h5,8H,2-4,19H2,1H3. The molecule has 150 valence electrons. The van der Waals surface area contributed by atoms with E-state index in [9.17, 15) is 32.3 Å². The number of halogens is 3. The number of hydrogen-bond donors (Lipinski definition) is 1. The Morgan fingerprint density at radius 3 is 2.68 bits per heavy atom. The Balaban J connectivity index is 2.02. The fourth-order valence-electron chi connectivity index (χ4n) is 2.88. The number of hydroxylamine groups is 2. The van der Waals surface area contributed by atoms with E-state index >= 15 is 0 Å². The minimum absolute atomic E-state index is 0.111. The van der Waals surface area contributed by atoms with E-state index in [1.807, 2.05) is 0 Å². The van der Waals surface area contributed by atoms with Crippen molar-refractivity contribution in [3.63, 3.8) is 0 Å². The second-order valence-corrected chi connectivity index (χ2v) is 6.88. The van der Waals surface area contributed by atoms with E-state index in [0.717, 1.165) is 4.57 Å². The highest BCUT2D eigenvalue weighted by Crippen LogP contribution is 2.28. The molecule has 2 amide bonds. The Morgan fingerprint density at radius 2 is 2.07 bits per heavy atom. The minimum Gasteiger partial charge on any atom is -0.326 e. The Morgan fingerprint density at radius 1 is 1.39 bits per heavy atom. The molecule has 3 heterocycles. The van der Waals surface area contributed by atoms with Gasteiger partial charge in [-0.25, -0.2) is 9.78 Å². The third-order valence-corrected chi connectivity index (χ3v) is 5.15. The zero-order valence-corrected chi connectivity index (χ0v) is 15.1. The van der Waals surface area contributed by atoms with Crippen LogP contribution >= 0.6 is 11.3 Å². The number of hydrogen-bond acceptors (Lipinski definition) is 8. The van der Waals surface area contributed by atoms with Crippen molar-refractivity contribution in [2.24, 2.45) is 5.73 Å². The lowest BCUT2D eigenvalue weighted by molar-refractivity contribution is -0.238. The Labute approximate surface area is 158 Å². The Hall–Kier alpha value is -2.80. The molecule has 9 nitrogen and oxygen atoms in total. The quantitative estimate of drug-likeness (QED) is 0.736. The van der Waals surface area contributed by atoms with Crippen molar-refractivity contribution in [3.8, 4) is 0 Å². The van der Waals surface area contributed by atoms with E-state index in [0.29, 0.717) is 10.4 Å². The summed E-state index contributed by atoms with van der Waals surface area (Å²) in [4.78, 5) is 57.1. The number of nitrogens with zero attached hydrogens (tertiary/aromatic N) is 3. The topological polar surface area (TPSA) is 125 Å². The molecule has 1 atom stereocenters. The van der Waals surface area contributed by atoms with Gasteiger partial charge in [0.2, 0.25) is 0 Å². The van der Waals surface area contributed by atoms with E-state index in [1.54, 1.807) is 0 Å². The number of alkyl halides is 3. The van der Waals surface area contributed by atoms with Gasteiger partial charge in [-0.2, -0.15) is 13.2 Å². The van der Waals surface area contributed by atoms with Crippen LogP contribution in [0.15, 0.2) is 10.2 Å². The van der Waals surface area contributed by atoms with E-state index in [1.165, 1.54) is 23.6 Å². The van der Waals surface area contributed by atoms with Gasteiger partial charge in [-0.15, -0.1) is 16.4 Å². The monoisotopic (exact) mass is 418 g/mol. The van der Waals surface area contributed by atoms with E-state index in [4.69, 9.17) is 5.73 Å². The second kappa shape index (κ2) is 6.98. The van der Waals surface area contributed by atoms with E-state index in [2.05, 4.69) is 9.82 Å². The number of imide groups is 1. The zero-order chi connectivity index (χ0) is 20.8. The molecule has 1 fully saturated rings. The summed E-state index contributed by atoms with van der Waals surface area (Å²) < 4.78 is 38.2. The molecule has 0 spiro atoms. The maximum absolute atomic E-state index is 12.8. The summed E-state index contributed by atoms with van der Waals surface area (Å²) in [5.41, 5.74) is 5.38. The van der Waals surface area contributed by atoms with Crippen LogP contribution in [-0.4, -0.2) is 38.6 Å². The van der Waals surface area contributed by atoms with Crippen molar-refractivity contribution in [1.29, 1.82) is 0 Å². The predicted octanol–water partition coefficient (Wildman–Crippen LogP) is 0.936. The molecular formula is C15H13F3N4O5S. The van der Waals surface area contributed by atoms with Crippen molar-refractivity contribution in [1.82, 2.24) is 14.6 Å². The zero-order valence-electron chi connectivity index (χ0n) is 14.3. The lowest BCUT2D eigenvalue weighted by Crippen LogP contribution is -2.50. The smallest absolute Gasteiger partial charge is 0.326 e. The number of aryl methyl sites for hydroxylation is 1. The van der Waals surface area contributed by atoms with E-state index in [-0.39, 0.29) is 29.2 Å². The number of carbonyl (C=O) groups is 3. The predicted molar refractivity (Wildman–Crippen MR) is 88.8 cm³/mol. The van der Waals surface area contributed by atoms with Crippen LogP contribution < -0.4 is 11.3 Å². The summed E-state index contributed by atoms with van der Waals surface area (Å²) in [5, 5.41) is 1.47. The molecule has 0 aliphatic carbocycles. The summed E-state index contributed by atoms with van der Waals surface area (Å²) in [5.74, 6) is -4.97. The second-order valence-electron chi connectivity index (χ2n) is 5.92. The summed E-state index contributed by atoms with van der Waals surface area (Å²) >= 11 is 1.21. The number of rotatable bonds is 3. The number of fused-ring (bicyclic) bond motifs is 1. The first-order chi connectivity index (χ1) is 13.1. The molecule has 13 heteroatoms. The molecule has 1 unspecified atom stereocenters. The van der Waals surface area contributed by atoms with Crippen LogP contribution in [0.4, 0.5) is 13.2 Å². The molecule has 2 aromatic rings. The number of carbonyl (C=O) groups excluding carboxylic acids is 3. The van der Waals surface area contributed by atoms with Gasteiger partial charge in [0, 0.05) is 23.2 Å². The molecular weight excluding hydrogens is 405 g/mol. The van der Waals surface area contributed by atoms with Crippen LogP contribution in [0.1, 0.15) is 29.6 Å². The van der Waals surface area contributed by atoms with Crippen LogP contribution in [-0.2, 0) is 25.8 Å². The maximum Gasteiger partial charge on any atom is 0.493 e. The number of nitrogens with two attached hydrogens (primary N) is 1. The van der Waals surface area contributed by atoms with Gasteiger partial charge < -0.3 is 10.6 Å². The normalized spacial score (nSPS) is 18.0. The van der Waals surface area contributed by atoms with Crippen molar-refractivity contribution in [2.45, 2.75) is 38.5 Å². The number of thiophene rings is 1. The first-order valence-electron chi connectivity index (χ1n) is 7.91. The van der Waals surface area contributed by atoms with Crippen LogP contribution in [0.5, 0.6) is 0 Å². The number of piperidine rings is 1. The third-order valence-electron chi connectivity index (χ3n) is 4.16. The lowest BCUT2D eigenvalue weighted by Gasteiger charge is -2.30. The molecule has 0 radical (unpaired) electrons. The molecule has 1 aliphatic heterocycles. The molecule has 3 rings (SSSR count). The molecule has 0 bridgehead atoms. The van der Waals surface area contributed by atoms with Gasteiger partial charge in [-0.3, -0.25) is 19.0 Å². The van der Waals surface area contributed by atoms with E-state index < -0.39 is 42.0 Å². The van der Waals surface area contributed by atoms with Crippen LogP contribution in [0, 0.1) is 6.92 Å². The molecule has 1 aliphatic rings. The highest BCUT2D eigenvalue weighted by atomic mass is 32.1. The molecule has 0 saturated carbocycles. The van der Waals surface area contributed by atoms with Crippen LogP contribution in [0.2, 0.25) is 0 Å². The van der Waals surface area contributed by atoms with Gasteiger partial charge in [-0.1, -0.05) is 0 Å². The fraction of sp³-hybridized carbons (Fsp3) is 0.400. The Bertz CT molecular complexity index is 1040. The number of aromatic nitrogens is 2. The van der Waals surface area contributed by atoms with Gasteiger partial charge in [0.05, 0.1) is 10.9 Å². The van der Waals surface area contributed by atoms with Gasteiger partial charge in [0.1, 0.15) is 11.9 Å². The summed E-state index contributed by atoms with van der Waals surface area (Å²) in [6.45, 7) is 1.59. The molecule has 1 saturated heterocycles. The number of amides is 2. The minimum atomic E-state index is -5.39. The van der Waals surface area contributed by atoms with Gasteiger partial charge in [-0.05, 0) is 13.3 Å². The van der Waals surface area contributed by atoms with Gasteiger partial charge in [0.25, 0.3) is 17.4 Å². The lowest BCUT2D eigenvalue weighted by atomic mass is 10.0. The first kappa shape index (κ1) is 19.9. The molecule has 28 heavy (non-hydrogen) atoms. The highest BCUT2D eigenvalue weighted by molar-refractivity contribution is 7.11.